The van der Waals surface area contributed by atoms with E-state index < -0.39 is 0 Å². The lowest BCUT2D eigenvalue weighted by molar-refractivity contribution is 0.215. The predicted molar refractivity (Wildman–Crippen MR) is 143 cm³/mol. The van der Waals surface area contributed by atoms with Crippen molar-refractivity contribution in [3.8, 4) is 0 Å². The Morgan fingerprint density at radius 3 is 2.25 bits per heavy atom. The van der Waals surface area contributed by atoms with Crippen LogP contribution in [0.15, 0.2) is 36.0 Å². The van der Waals surface area contributed by atoms with Gasteiger partial charge in [0.25, 0.3) is 0 Å². The first-order chi connectivity index (χ1) is 15.5. The molecule has 32 heavy (non-hydrogen) atoms. The number of nitrogens with two attached hydrogens (primary N) is 2. The third-order valence-electron chi connectivity index (χ3n) is 8.59. The van der Waals surface area contributed by atoms with Gasteiger partial charge in [-0.15, -0.1) is 0 Å². The van der Waals surface area contributed by atoms with Gasteiger partial charge < -0.3 is 11.5 Å². The molecule has 4 N–H and O–H groups in total. The molecule has 2 heteroatoms. The van der Waals surface area contributed by atoms with Crippen LogP contribution in [0.4, 0.5) is 0 Å². The summed E-state index contributed by atoms with van der Waals surface area (Å²) in [6.07, 6.45) is 29.6. The number of rotatable bonds is 11. The molecular formula is C30H54N2. The highest BCUT2D eigenvalue weighted by Crippen LogP contribution is 2.53. The quantitative estimate of drug-likeness (QED) is 0.250. The molecule has 0 aromatic heterocycles. The van der Waals surface area contributed by atoms with Gasteiger partial charge in [0.05, 0.1) is 0 Å². The summed E-state index contributed by atoms with van der Waals surface area (Å²) in [7, 11) is 0. The van der Waals surface area contributed by atoms with Crippen LogP contribution < -0.4 is 11.5 Å². The number of allylic oxidation sites excluding steroid dienone is 5. The first-order valence-corrected chi connectivity index (χ1v) is 14.0. The Kier molecular flexibility index (Phi) is 12.3. The summed E-state index contributed by atoms with van der Waals surface area (Å²) in [4.78, 5) is 0. The maximum absolute atomic E-state index is 5.78. The predicted octanol–water partition coefficient (Wildman–Crippen LogP) is 8.23. The Morgan fingerprint density at radius 2 is 1.56 bits per heavy atom. The van der Waals surface area contributed by atoms with E-state index in [1.165, 1.54) is 102 Å². The molecule has 0 amide bonds. The third-order valence-corrected chi connectivity index (χ3v) is 8.59. The normalized spacial score (nSPS) is 30.1. The van der Waals surface area contributed by atoms with Crippen molar-refractivity contribution in [3.05, 3.63) is 36.0 Å². The zero-order chi connectivity index (χ0) is 23.3. The van der Waals surface area contributed by atoms with E-state index in [0.717, 1.165) is 25.9 Å². The number of unbranched alkanes of at least 4 members (excludes halogenated alkanes) is 3. The molecule has 184 valence electrons. The molecule has 0 aliphatic heterocycles. The second-order valence-corrected chi connectivity index (χ2v) is 11.0. The summed E-state index contributed by atoms with van der Waals surface area (Å²) in [5, 5.41) is 0. The van der Waals surface area contributed by atoms with Gasteiger partial charge in [-0.2, -0.15) is 0 Å². The molecule has 0 aromatic rings. The molecule has 2 rings (SSSR count). The van der Waals surface area contributed by atoms with E-state index in [4.69, 9.17) is 18.0 Å². The van der Waals surface area contributed by atoms with Crippen molar-refractivity contribution in [3.63, 3.8) is 0 Å². The summed E-state index contributed by atoms with van der Waals surface area (Å²) in [5.74, 6) is 0.565. The van der Waals surface area contributed by atoms with E-state index >= 15 is 0 Å². The average molecular weight is 443 g/mol. The van der Waals surface area contributed by atoms with Gasteiger partial charge in [0.1, 0.15) is 0 Å². The van der Waals surface area contributed by atoms with Crippen molar-refractivity contribution in [2.45, 2.75) is 123 Å². The Labute approximate surface area is 200 Å². The monoisotopic (exact) mass is 442 g/mol. The van der Waals surface area contributed by atoms with Crippen LogP contribution in [0.1, 0.15) is 123 Å². The van der Waals surface area contributed by atoms with Crippen LogP contribution in [0.5, 0.6) is 0 Å². The number of hydrogen-bond acceptors (Lipinski definition) is 2. The molecule has 1 fully saturated rings. The lowest BCUT2D eigenvalue weighted by Crippen LogP contribution is -2.34. The van der Waals surface area contributed by atoms with Crippen molar-refractivity contribution in [2.24, 2.45) is 28.2 Å². The van der Waals surface area contributed by atoms with Gasteiger partial charge in [-0.05, 0) is 75.8 Å². The molecule has 0 radical (unpaired) electrons. The highest BCUT2D eigenvalue weighted by Gasteiger charge is 2.42. The van der Waals surface area contributed by atoms with E-state index in [1.54, 1.807) is 5.57 Å². The Hall–Kier alpha value is -0.860. The smallest absolute Gasteiger partial charge is 0.0133 e. The Balaban J connectivity index is 2.27. The van der Waals surface area contributed by atoms with Crippen molar-refractivity contribution >= 4 is 0 Å². The molecule has 0 spiro atoms. The van der Waals surface area contributed by atoms with E-state index in [1.807, 2.05) is 0 Å². The van der Waals surface area contributed by atoms with Crippen LogP contribution in [0, 0.1) is 16.7 Å². The van der Waals surface area contributed by atoms with Gasteiger partial charge in [-0.3, -0.25) is 0 Å². The summed E-state index contributed by atoms with van der Waals surface area (Å²) < 4.78 is 0. The van der Waals surface area contributed by atoms with Crippen LogP contribution in [-0.2, 0) is 0 Å². The van der Waals surface area contributed by atoms with Gasteiger partial charge in [-0.25, -0.2) is 0 Å². The molecule has 3 unspecified atom stereocenters. The Bertz CT molecular complexity index is 600. The van der Waals surface area contributed by atoms with Gasteiger partial charge >= 0.3 is 0 Å². The molecule has 2 aliphatic carbocycles. The second-order valence-electron chi connectivity index (χ2n) is 11.0. The molecule has 3 atom stereocenters. The molecule has 0 aromatic carbocycles. The van der Waals surface area contributed by atoms with Gasteiger partial charge in [0.2, 0.25) is 0 Å². The topological polar surface area (TPSA) is 52.0 Å². The fourth-order valence-corrected chi connectivity index (χ4v) is 6.23. The van der Waals surface area contributed by atoms with Crippen LogP contribution >= 0.6 is 0 Å². The minimum atomic E-state index is 0.164. The van der Waals surface area contributed by atoms with Crippen molar-refractivity contribution < 1.29 is 0 Å². The fourth-order valence-electron chi connectivity index (χ4n) is 6.23. The van der Waals surface area contributed by atoms with Crippen molar-refractivity contribution in [1.29, 1.82) is 0 Å². The average Bonchev–Trinajstić information content (AvgIpc) is 3.21. The van der Waals surface area contributed by atoms with Crippen LogP contribution in [0.3, 0.4) is 0 Å². The van der Waals surface area contributed by atoms with Crippen molar-refractivity contribution in [1.82, 2.24) is 0 Å². The molecule has 2 aliphatic rings. The van der Waals surface area contributed by atoms with E-state index in [-0.39, 0.29) is 10.8 Å². The molecule has 0 heterocycles. The van der Waals surface area contributed by atoms with E-state index in [0.29, 0.717) is 5.92 Å². The summed E-state index contributed by atoms with van der Waals surface area (Å²) in [5.41, 5.74) is 15.0. The van der Waals surface area contributed by atoms with E-state index in [2.05, 4.69) is 32.1 Å². The maximum atomic E-state index is 5.78. The molecule has 0 bridgehead atoms. The molecule has 2 nitrogen and oxygen atoms in total. The SMILES string of the molecule is C=C1C(C2(CC)C=CC(CCCCN)=C2)CCCCCCCCCC1(C)CCCCCN. The molecule has 0 saturated heterocycles. The van der Waals surface area contributed by atoms with Gasteiger partial charge in [-0.1, -0.05) is 108 Å². The lowest BCUT2D eigenvalue weighted by atomic mass is 9.60. The summed E-state index contributed by atoms with van der Waals surface area (Å²) in [6, 6.07) is 0. The zero-order valence-corrected chi connectivity index (χ0v) is 21.6. The van der Waals surface area contributed by atoms with Crippen LogP contribution in [0.2, 0.25) is 0 Å². The molecule has 1 saturated carbocycles. The number of hydrogen-bond donors (Lipinski definition) is 2. The first kappa shape index (κ1) is 27.4. The summed E-state index contributed by atoms with van der Waals surface area (Å²) >= 11 is 0. The first-order valence-electron chi connectivity index (χ1n) is 14.0. The van der Waals surface area contributed by atoms with Gasteiger partial charge in [0, 0.05) is 5.41 Å². The fraction of sp³-hybridized carbons (Fsp3) is 0.800. The minimum Gasteiger partial charge on any atom is -0.330 e. The van der Waals surface area contributed by atoms with Crippen LogP contribution in [0.25, 0.3) is 0 Å². The highest BCUT2D eigenvalue weighted by atomic mass is 14.5. The summed E-state index contributed by atoms with van der Waals surface area (Å²) in [6.45, 7) is 11.5. The van der Waals surface area contributed by atoms with Gasteiger partial charge in [0.15, 0.2) is 0 Å². The maximum Gasteiger partial charge on any atom is 0.0133 e. The largest absolute Gasteiger partial charge is 0.330 e. The second kappa shape index (κ2) is 14.4. The van der Waals surface area contributed by atoms with Crippen molar-refractivity contribution in [2.75, 3.05) is 13.1 Å². The van der Waals surface area contributed by atoms with E-state index in [9.17, 15) is 0 Å². The van der Waals surface area contributed by atoms with Crippen LogP contribution in [-0.4, -0.2) is 13.1 Å². The Morgan fingerprint density at radius 1 is 0.906 bits per heavy atom. The molecular weight excluding hydrogens is 388 g/mol. The standard InChI is InChI=1S/C30H54N2/c1-4-30(22-19-27(25-30)17-12-16-24-32)28-18-11-8-6-5-7-9-13-20-29(3,26(28)2)21-14-10-15-23-31/h19,22,25,28H,2,4-18,20-21,23-24,31-32H2,1,3H3. The zero-order valence-electron chi connectivity index (χ0n) is 21.6. The third kappa shape index (κ3) is 7.87. The highest BCUT2D eigenvalue weighted by molar-refractivity contribution is 5.38. The lowest BCUT2D eigenvalue weighted by Gasteiger charge is -2.44. The minimum absolute atomic E-state index is 0.164.